The van der Waals surface area contributed by atoms with Gasteiger partial charge in [-0.3, -0.25) is 0 Å². The van der Waals surface area contributed by atoms with Crippen molar-refractivity contribution < 1.29 is 8.78 Å². The van der Waals surface area contributed by atoms with Crippen LogP contribution in [0.5, 0.6) is 0 Å². The van der Waals surface area contributed by atoms with E-state index in [4.69, 9.17) is 0 Å². The Hall–Kier alpha value is -1.39. The van der Waals surface area contributed by atoms with E-state index >= 15 is 0 Å². The van der Waals surface area contributed by atoms with Crippen LogP contribution in [0.4, 0.5) is 8.78 Å². The predicted octanol–water partition coefficient (Wildman–Crippen LogP) is 4.33. The van der Waals surface area contributed by atoms with Gasteiger partial charge in [-0.15, -0.1) is 11.8 Å². The van der Waals surface area contributed by atoms with Crippen LogP contribution in [0.3, 0.4) is 0 Å². The van der Waals surface area contributed by atoms with Crippen molar-refractivity contribution >= 4 is 11.8 Å². The fourth-order valence-corrected chi connectivity index (χ4v) is 3.10. The molecule has 0 aliphatic rings. The third kappa shape index (κ3) is 3.81. The summed E-state index contributed by atoms with van der Waals surface area (Å²) in [6, 6.07) is 11.4. The molecule has 0 spiro atoms. The second-order valence-electron chi connectivity index (χ2n) is 4.61. The van der Waals surface area contributed by atoms with Gasteiger partial charge >= 0.3 is 0 Å². The van der Waals surface area contributed by atoms with Crippen molar-refractivity contribution in [1.82, 2.24) is 5.32 Å². The first-order valence-electron chi connectivity index (χ1n) is 6.42. The van der Waals surface area contributed by atoms with E-state index in [9.17, 15) is 8.78 Å². The zero-order chi connectivity index (χ0) is 14.5. The van der Waals surface area contributed by atoms with E-state index in [1.54, 1.807) is 30.0 Å². The topological polar surface area (TPSA) is 12.0 Å². The summed E-state index contributed by atoms with van der Waals surface area (Å²) in [5.74, 6) is 0.357. The Kier molecular flexibility index (Phi) is 5.15. The molecule has 0 aromatic heterocycles. The molecule has 1 nitrogen and oxygen atoms in total. The van der Waals surface area contributed by atoms with Crippen LogP contribution in [-0.4, -0.2) is 12.8 Å². The maximum absolute atomic E-state index is 13.1. The fourth-order valence-electron chi connectivity index (χ4n) is 2.07. The number of hydrogen-bond acceptors (Lipinski definition) is 2. The summed E-state index contributed by atoms with van der Waals surface area (Å²) in [6.45, 7) is 1.91. The molecule has 20 heavy (non-hydrogen) atoms. The molecule has 2 aromatic rings. The van der Waals surface area contributed by atoms with Gasteiger partial charge in [-0.1, -0.05) is 6.07 Å². The van der Waals surface area contributed by atoms with Crippen molar-refractivity contribution in [3.05, 3.63) is 65.2 Å². The van der Waals surface area contributed by atoms with Gasteiger partial charge in [-0.2, -0.15) is 0 Å². The molecule has 0 bridgehead atoms. The SMILES string of the molecule is CNC(CSc1ccc(F)cc1)c1ccc(F)cc1C. The van der Waals surface area contributed by atoms with Gasteiger partial charge in [0, 0.05) is 16.7 Å². The molecule has 1 unspecified atom stereocenters. The van der Waals surface area contributed by atoms with Crippen LogP contribution < -0.4 is 5.32 Å². The minimum atomic E-state index is -0.228. The highest BCUT2D eigenvalue weighted by molar-refractivity contribution is 7.99. The maximum atomic E-state index is 13.1. The van der Waals surface area contributed by atoms with E-state index in [1.807, 2.05) is 20.0 Å². The zero-order valence-electron chi connectivity index (χ0n) is 11.5. The summed E-state index contributed by atoms with van der Waals surface area (Å²) in [6.07, 6.45) is 0. The highest BCUT2D eigenvalue weighted by atomic mass is 32.2. The lowest BCUT2D eigenvalue weighted by molar-refractivity contribution is 0.617. The molecule has 1 N–H and O–H groups in total. The van der Waals surface area contributed by atoms with Crippen molar-refractivity contribution in [2.75, 3.05) is 12.8 Å². The summed E-state index contributed by atoms with van der Waals surface area (Å²) in [4.78, 5) is 1.02. The average molecular weight is 293 g/mol. The lowest BCUT2D eigenvalue weighted by Crippen LogP contribution is -2.19. The summed E-state index contributed by atoms with van der Waals surface area (Å²) < 4.78 is 26.0. The molecule has 106 valence electrons. The first-order valence-corrected chi connectivity index (χ1v) is 7.40. The van der Waals surface area contributed by atoms with Crippen LogP contribution in [0.25, 0.3) is 0 Å². The number of benzene rings is 2. The second-order valence-corrected chi connectivity index (χ2v) is 5.70. The van der Waals surface area contributed by atoms with Gasteiger partial charge in [0.25, 0.3) is 0 Å². The lowest BCUT2D eigenvalue weighted by Gasteiger charge is -2.18. The van der Waals surface area contributed by atoms with Crippen molar-refractivity contribution in [2.45, 2.75) is 17.9 Å². The number of thioether (sulfide) groups is 1. The van der Waals surface area contributed by atoms with Gasteiger partial charge in [-0.05, 0) is 61.5 Å². The first-order chi connectivity index (χ1) is 9.60. The van der Waals surface area contributed by atoms with Crippen LogP contribution in [-0.2, 0) is 0 Å². The Balaban J connectivity index is 2.07. The van der Waals surface area contributed by atoms with Crippen molar-refractivity contribution in [1.29, 1.82) is 0 Å². The molecule has 0 fully saturated rings. The summed E-state index contributed by atoms with van der Waals surface area (Å²) in [5.41, 5.74) is 2.02. The number of nitrogens with one attached hydrogen (secondary N) is 1. The van der Waals surface area contributed by atoms with Crippen molar-refractivity contribution in [2.24, 2.45) is 0 Å². The smallest absolute Gasteiger partial charge is 0.123 e. The van der Waals surface area contributed by atoms with Crippen molar-refractivity contribution in [3.8, 4) is 0 Å². The Morgan fingerprint density at radius 3 is 2.30 bits per heavy atom. The van der Waals surface area contributed by atoms with Gasteiger partial charge in [-0.25, -0.2) is 8.78 Å². The van der Waals surface area contributed by atoms with Gasteiger partial charge in [0.2, 0.25) is 0 Å². The van der Waals surface area contributed by atoms with Crippen LogP contribution in [0.2, 0.25) is 0 Å². The quantitative estimate of drug-likeness (QED) is 0.824. The second kappa shape index (κ2) is 6.86. The molecule has 0 heterocycles. The van der Waals surface area contributed by atoms with Crippen LogP contribution >= 0.6 is 11.8 Å². The predicted molar refractivity (Wildman–Crippen MR) is 80.1 cm³/mol. The third-order valence-electron chi connectivity index (χ3n) is 3.19. The van der Waals surface area contributed by atoms with Gasteiger partial charge in [0.15, 0.2) is 0 Å². The molecule has 2 aromatic carbocycles. The van der Waals surface area contributed by atoms with Gasteiger partial charge in [0.1, 0.15) is 11.6 Å². The molecule has 4 heteroatoms. The van der Waals surface area contributed by atoms with Gasteiger partial charge in [0.05, 0.1) is 0 Å². The average Bonchev–Trinajstić information content (AvgIpc) is 2.43. The number of halogens is 2. The molecule has 0 aliphatic carbocycles. The monoisotopic (exact) mass is 293 g/mol. The largest absolute Gasteiger partial charge is 0.312 e. The summed E-state index contributed by atoms with van der Waals surface area (Å²) >= 11 is 1.65. The third-order valence-corrected chi connectivity index (χ3v) is 4.29. The fraction of sp³-hybridized carbons (Fsp3) is 0.250. The minimum Gasteiger partial charge on any atom is -0.312 e. The highest BCUT2D eigenvalue weighted by Gasteiger charge is 2.12. The number of hydrogen-bond donors (Lipinski definition) is 1. The van der Waals surface area contributed by atoms with E-state index in [-0.39, 0.29) is 17.7 Å². The number of rotatable bonds is 5. The Labute approximate surface area is 122 Å². The molecule has 1 atom stereocenters. The van der Waals surface area contributed by atoms with E-state index in [0.717, 1.165) is 21.8 Å². The molecular weight excluding hydrogens is 276 g/mol. The molecule has 0 aliphatic heterocycles. The minimum absolute atomic E-state index is 0.130. The van der Waals surface area contributed by atoms with Crippen molar-refractivity contribution in [3.63, 3.8) is 0 Å². The number of aryl methyl sites for hydroxylation is 1. The Bertz CT molecular complexity index is 569. The molecule has 0 radical (unpaired) electrons. The van der Waals surface area contributed by atoms with Gasteiger partial charge < -0.3 is 5.32 Å². The molecular formula is C16H17F2NS. The normalized spacial score (nSPS) is 12.4. The van der Waals surface area contributed by atoms with Crippen LogP contribution in [0, 0.1) is 18.6 Å². The summed E-state index contributed by atoms with van der Waals surface area (Å²) in [7, 11) is 1.89. The van der Waals surface area contributed by atoms with Crippen LogP contribution in [0.1, 0.15) is 17.2 Å². The lowest BCUT2D eigenvalue weighted by atomic mass is 10.0. The molecule has 0 saturated heterocycles. The van der Waals surface area contributed by atoms with E-state index in [1.165, 1.54) is 18.2 Å². The molecule has 2 rings (SSSR count). The highest BCUT2D eigenvalue weighted by Crippen LogP contribution is 2.26. The Morgan fingerprint density at radius 1 is 1.05 bits per heavy atom. The standard InChI is InChI=1S/C16H17F2NS/c1-11-9-13(18)5-8-15(11)16(19-2)10-20-14-6-3-12(17)4-7-14/h3-9,16,19H,10H2,1-2H3. The van der Waals surface area contributed by atoms with E-state index < -0.39 is 0 Å². The summed E-state index contributed by atoms with van der Waals surface area (Å²) in [5, 5.41) is 3.24. The van der Waals surface area contributed by atoms with E-state index in [2.05, 4.69) is 5.32 Å². The first kappa shape index (κ1) is 15.0. The van der Waals surface area contributed by atoms with Crippen LogP contribution in [0.15, 0.2) is 47.4 Å². The maximum Gasteiger partial charge on any atom is 0.123 e. The molecule has 0 amide bonds. The zero-order valence-corrected chi connectivity index (χ0v) is 12.3. The van der Waals surface area contributed by atoms with E-state index in [0.29, 0.717) is 0 Å². The Morgan fingerprint density at radius 2 is 1.70 bits per heavy atom. The molecule has 0 saturated carbocycles.